The number of benzene rings is 4. The highest BCUT2D eigenvalue weighted by atomic mass is 16.5. The average molecular weight is 647 g/mol. The van der Waals surface area contributed by atoms with Gasteiger partial charge in [0.1, 0.15) is 18.5 Å². The van der Waals surface area contributed by atoms with Gasteiger partial charge in [-0.3, -0.25) is 4.57 Å². The quantitative estimate of drug-likeness (QED) is 0.116. The van der Waals surface area contributed by atoms with Crippen molar-refractivity contribution in [2.75, 3.05) is 10.6 Å². The fourth-order valence-electron chi connectivity index (χ4n) is 4.72. The van der Waals surface area contributed by atoms with Crippen LogP contribution >= 0.6 is 0 Å². The second kappa shape index (κ2) is 16.2. The molecule has 1 aromatic heterocycles. The molecular formula is C36H34N6O6. The molecule has 1 heterocycles. The molecule has 12 nitrogen and oxygen atoms in total. The SMILES string of the molecule is O=C(NCc1ccccc1)Nc1ccc(CNc2nc(=O)n(C[C@H](NC(=O)OCc3ccccc3)C(=O)O)cc2-c2ccccc2)cc1. The minimum absolute atomic E-state index is 0.0393. The lowest BCUT2D eigenvalue weighted by Gasteiger charge is -2.18. The van der Waals surface area contributed by atoms with Gasteiger partial charge in [-0.2, -0.15) is 4.98 Å². The lowest BCUT2D eigenvalue weighted by atomic mass is 10.1. The van der Waals surface area contributed by atoms with Crippen molar-refractivity contribution < 1.29 is 24.2 Å². The summed E-state index contributed by atoms with van der Waals surface area (Å²) in [5.41, 5.74) is 3.79. The maximum atomic E-state index is 13.1. The summed E-state index contributed by atoms with van der Waals surface area (Å²) in [5, 5.41) is 21.0. The number of alkyl carbamates (subject to hydrolysis) is 1. The first-order chi connectivity index (χ1) is 23.3. The van der Waals surface area contributed by atoms with Gasteiger partial charge in [-0.15, -0.1) is 0 Å². The van der Waals surface area contributed by atoms with Gasteiger partial charge in [0.05, 0.1) is 6.54 Å². The van der Waals surface area contributed by atoms with Crippen LogP contribution < -0.4 is 27.0 Å². The van der Waals surface area contributed by atoms with E-state index in [1.165, 1.54) is 6.20 Å². The number of aromatic nitrogens is 2. The number of rotatable bonds is 13. The normalized spacial score (nSPS) is 11.2. The highest BCUT2D eigenvalue weighted by Crippen LogP contribution is 2.25. The van der Waals surface area contributed by atoms with Gasteiger partial charge in [0, 0.05) is 30.5 Å². The summed E-state index contributed by atoms with van der Waals surface area (Å²) < 4.78 is 6.31. The topological polar surface area (TPSA) is 164 Å². The predicted molar refractivity (Wildman–Crippen MR) is 181 cm³/mol. The standard InChI is InChI=1S/C36H34N6O6/c43-33(44)31(40-36(47)48-24-27-12-6-2-7-13-27)23-42-22-30(28-14-8-3-9-15-28)32(41-35(42)46)37-20-26-16-18-29(19-17-26)39-34(45)38-21-25-10-4-1-5-11-25/h1-19,22,31H,20-21,23-24H2,(H,40,47)(H,43,44)(H,37,41,46)(H2,38,39,45)/t31-/m0/s1. The highest BCUT2D eigenvalue weighted by molar-refractivity contribution is 5.89. The average Bonchev–Trinajstić information content (AvgIpc) is 3.11. The predicted octanol–water partition coefficient (Wildman–Crippen LogP) is 5.22. The summed E-state index contributed by atoms with van der Waals surface area (Å²) in [6.45, 7) is 0.291. The third-order valence-electron chi connectivity index (χ3n) is 7.23. The molecule has 12 heteroatoms. The molecule has 0 aliphatic carbocycles. The van der Waals surface area contributed by atoms with Crippen LogP contribution in [-0.4, -0.2) is 38.8 Å². The molecule has 5 N–H and O–H groups in total. The summed E-state index contributed by atoms with van der Waals surface area (Å²) >= 11 is 0. The first kappa shape index (κ1) is 32.9. The molecule has 0 bridgehead atoms. The number of carbonyl (C=O) groups is 3. The van der Waals surface area contributed by atoms with Crippen molar-refractivity contribution in [3.05, 3.63) is 149 Å². The van der Waals surface area contributed by atoms with Gasteiger partial charge in [0.2, 0.25) is 0 Å². The molecule has 0 aliphatic heterocycles. The molecule has 4 aromatic carbocycles. The second-order valence-corrected chi connectivity index (χ2v) is 10.7. The summed E-state index contributed by atoms with van der Waals surface area (Å²) in [6, 6.07) is 33.2. The number of urea groups is 1. The van der Waals surface area contributed by atoms with Crippen LogP contribution in [0.3, 0.4) is 0 Å². The Bertz CT molecular complexity index is 1880. The van der Waals surface area contributed by atoms with Gasteiger partial charge < -0.3 is 31.1 Å². The van der Waals surface area contributed by atoms with Crippen LogP contribution in [0.2, 0.25) is 0 Å². The number of anilines is 2. The van der Waals surface area contributed by atoms with Crippen LogP contribution in [0.25, 0.3) is 11.1 Å². The van der Waals surface area contributed by atoms with Crippen LogP contribution in [0.1, 0.15) is 16.7 Å². The molecular weight excluding hydrogens is 612 g/mol. The molecule has 0 saturated heterocycles. The molecule has 244 valence electrons. The molecule has 0 spiro atoms. The van der Waals surface area contributed by atoms with Gasteiger partial charge in [0.25, 0.3) is 0 Å². The van der Waals surface area contributed by atoms with Crippen LogP contribution in [0.15, 0.2) is 126 Å². The van der Waals surface area contributed by atoms with Crippen LogP contribution in [0, 0.1) is 0 Å². The van der Waals surface area contributed by atoms with E-state index < -0.39 is 23.8 Å². The van der Waals surface area contributed by atoms with E-state index in [0.717, 1.165) is 26.8 Å². The lowest BCUT2D eigenvalue weighted by Crippen LogP contribution is -2.45. The number of hydrogen-bond acceptors (Lipinski definition) is 7. The summed E-state index contributed by atoms with van der Waals surface area (Å²) in [4.78, 5) is 54.1. The van der Waals surface area contributed by atoms with Gasteiger partial charge >= 0.3 is 23.8 Å². The van der Waals surface area contributed by atoms with E-state index in [9.17, 15) is 24.3 Å². The number of ether oxygens (including phenoxy) is 1. The summed E-state index contributed by atoms with van der Waals surface area (Å²) in [5.74, 6) is -1.04. The fourth-order valence-corrected chi connectivity index (χ4v) is 4.72. The third-order valence-corrected chi connectivity index (χ3v) is 7.23. The number of amides is 3. The Kier molecular flexibility index (Phi) is 11.1. The molecule has 0 aliphatic rings. The number of carbonyl (C=O) groups excluding carboxylic acids is 2. The molecule has 0 saturated carbocycles. The van der Waals surface area contributed by atoms with E-state index in [1.54, 1.807) is 36.4 Å². The molecule has 5 aromatic rings. The van der Waals surface area contributed by atoms with Crippen molar-refractivity contribution in [2.24, 2.45) is 0 Å². The first-order valence-electron chi connectivity index (χ1n) is 15.1. The van der Waals surface area contributed by atoms with Crippen LogP contribution in [0.4, 0.5) is 21.1 Å². The number of aliphatic carboxylic acids is 1. The highest BCUT2D eigenvalue weighted by Gasteiger charge is 2.23. The summed E-state index contributed by atoms with van der Waals surface area (Å²) in [6.07, 6.45) is 0.587. The van der Waals surface area contributed by atoms with Crippen molar-refractivity contribution in [1.82, 2.24) is 20.2 Å². The van der Waals surface area contributed by atoms with Crippen LogP contribution in [-0.2, 0) is 35.8 Å². The van der Waals surface area contributed by atoms with E-state index >= 15 is 0 Å². The van der Waals surface area contributed by atoms with Gasteiger partial charge in [-0.25, -0.2) is 19.2 Å². The molecule has 3 amide bonds. The van der Waals surface area contributed by atoms with E-state index in [1.807, 2.05) is 78.9 Å². The van der Waals surface area contributed by atoms with Crippen molar-refractivity contribution in [2.45, 2.75) is 32.3 Å². The Hall–Kier alpha value is -6.43. The van der Waals surface area contributed by atoms with E-state index in [4.69, 9.17) is 4.74 Å². The van der Waals surface area contributed by atoms with E-state index in [-0.39, 0.29) is 19.2 Å². The first-order valence-corrected chi connectivity index (χ1v) is 15.1. The molecule has 0 unspecified atom stereocenters. The Morgan fingerprint density at radius 3 is 2.02 bits per heavy atom. The van der Waals surface area contributed by atoms with Gasteiger partial charge in [-0.1, -0.05) is 103 Å². The second-order valence-electron chi connectivity index (χ2n) is 10.7. The Morgan fingerprint density at radius 2 is 1.38 bits per heavy atom. The van der Waals surface area contributed by atoms with Crippen molar-refractivity contribution in [3.63, 3.8) is 0 Å². The monoisotopic (exact) mass is 646 g/mol. The Balaban J connectivity index is 1.24. The Labute approximate surface area is 276 Å². The number of nitrogens with one attached hydrogen (secondary N) is 4. The third kappa shape index (κ3) is 9.54. The molecule has 0 fully saturated rings. The zero-order valence-corrected chi connectivity index (χ0v) is 25.8. The molecule has 48 heavy (non-hydrogen) atoms. The smallest absolute Gasteiger partial charge is 0.408 e. The Morgan fingerprint density at radius 1 is 0.771 bits per heavy atom. The van der Waals surface area contributed by atoms with E-state index in [2.05, 4.69) is 26.3 Å². The maximum absolute atomic E-state index is 13.1. The molecule has 1 atom stereocenters. The number of nitrogens with zero attached hydrogens (tertiary/aromatic N) is 2. The number of hydrogen-bond donors (Lipinski definition) is 5. The number of carboxylic acids is 1. The van der Waals surface area contributed by atoms with Gasteiger partial charge in [-0.05, 0) is 34.4 Å². The molecule has 0 radical (unpaired) electrons. The van der Waals surface area contributed by atoms with Crippen molar-refractivity contribution in [1.29, 1.82) is 0 Å². The van der Waals surface area contributed by atoms with Crippen molar-refractivity contribution >= 4 is 29.6 Å². The summed E-state index contributed by atoms with van der Waals surface area (Å²) in [7, 11) is 0. The van der Waals surface area contributed by atoms with E-state index in [0.29, 0.717) is 30.2 Å². The lowest BCUT2D eigenvalue weighted by molar-refractivity contribution is -0.139. The maximum Gasteiger partial charge on any atom is 0.408 e. The largest absolute Gasteiger partial charge is 0.480 e. The minimum atomic E-state index is -1.46. The minimum Gasteiger partial charge on any atom is -0.480 e. The fraction of sp³-hybridized carbons (Fsp3) is 0.139. The zero-order chi connectivity index (χ0) is 33.7. The zero-order valence-electron chi connectivity index (χ0n) is 25.8. The van der Waals surface area contributed by atoms with Crippen LogP contribution in [0.5, 0.6) is 0 Å². The number of carboxylic acid groups (broad SMARTS) is 1. The van der Waals surface area contributed by atoms with Gasteiger partial charge in [0.15, 0.2) is 0 Å². The van der Waals surface area contributed by atoms with Crippen molar-refractivity contribution in [3.8, 4) is 11.1 Å². The molecule has 5 rings (SSSR count).